The van der Waals surface area contributed by atoms with E-state index in [9.17, 15) is 0 Å². The van der Waals surface area contributed by atoms with E-state index in [1.807, 2.05) is 6.92 Å². The molecule has 1 aromatic heterocycles. The van der Waals surface area contributed by atoms with Crippen molar-refractivity contribution in [1.29, 1.82) is 0 Å². The van der Waals surface area contributed by atoms with Crippen LogP contribution in [0.5, 0.6) is 0 Å². The quantitative estimate of drug-likeness (QED) is 0.726. The molecule has 0 N–H and O–H groups in total. The summed E-state index contributed by atoms with van der Waals surface area (Å²) in [6.45, 7) is 1.97. The Labute approximate surface area is 82.0 Å². The largest absolute Gasteiger partial charge is 0.447 e. The van der Waals surface area contributed by atoms with Gasteiger partial charge in [-0.15, -0.1) is 0 Å². The fourth-order valence-corrected chi connectivity index (χ4v) is 1.46. The highest BCUT2D eigenvalue weighted by Gasteiger charge is 2.10. The molecular weight excluding hydrogens is 274 g/mol. The van der Waals surface area contributed by atoms with Crippen LogP contribution in [0.4, 0.5) is 0 Å². The van der Waals surface area contributed by atoms with Gasteiger partial charge in [0.2, 0.25) is 0 Å². The first-order valence-electron chi connectivity index (χ1n) is 3.03. The van der Waals surface area contributed by atoms with E-state index in [1.54, 1.807) is 13.3 Å². The highest BCUT2D eigenvalue weighted by molar-refractivity contribution is 9.13. The summed E-state index contributed by atoms with van der Waals surface area (Å²) in [5.74, 6) is 0.784. The second-order valence-corrected chi connectivity index (χ2v) is 3.58. The van der Waals surface area contributed by atoms with Crippen LogP contribution in [0.15, 0.2) is 18.6 Å². The first kappa shape index (κ1) is 9.00. The van der Waals surface area contributed by atoms with E-state index in [0.717, 1.165) is 15.8 Å². The summed E-state index contributed by atoms with van der Waals surface area (Å²) in [7, 11) is 1.71. The predicted octanol–water partition coefficient (Wildman–Crippen LogP) is 3.16. The highest BCUT2D eigenvalue weighted by Crippen LogP contribution is 2.30. The highest BCUT2D eigenvalue weighted by atomic mass is 79.9. The molecule has 0 aliphatic rings. The smallest absolute Gasteiger partial charge is 0.184 e. The monoisotopic (exact) mass is 279 g/mol. The summed E-state index contributed by atoms with van der Waals surface area (Å²) in [4.78, 5) is 3.86. The van der Waals surface area contributed by atoms with Gasteiger partial charge in [-0.3, -0.25) is 4.99 Å². The molecule has 0 atom stereocenters. The Hall–Kier alpha value is -0.0900. The van der Waals surface area contributed by atoms with Crippen molar-refractivity contribution in [3.05, 3.63) is 20.5 Å². The van der Waals surface area contributed by atoms with Crippen molar-refractivity contribution >= 4 is 38.1 Å². The molecule has 4 heteroatoms. The van der Waals surface area contributed by atoms with Gasteiger partial charge >= 0.3 is 0 Å². The van der Waals surface area contributed by atoms with Gasteiger partial charge in [0, 0.05) is 12.6 Å². The average molecular weight is 281 g/mol. The molecule has 1 aromatic rings. The minimum absolute atomic E-state index is 0.713. The molecule has 60 valence electrons. The van der Waals surface area contributed by atoms with Crippen molar-refractivity contribution in [1.82, 2.24) is 0 Å². The number of halogens is 2. The lowest BCUT2D eigenvalue weighted by atomic mass is 10.3. The Morgan fingerprint density at radius 3 is 2.45 bits per heavy atom. The summed E-state index contributed by atoms with van der Waals surface area (Å²) in [5, 5.41) is 0. The topological polar surface area (TPSA) is 25.5 Å². The molecule has 0 unspecified atom stereocenters. The van der Waals surface area contributed by atoms with Gasteiger partial charge in [0.25, 0.3) is 0 Å². The van der Waals surface area contributed by atoms with E-state index < -0.39 is 0 Å². The Morgan fingerprint density at radius 1 is 1.45 bits per heavy atom. The molecule has 0 bridgehead atoms. The maximum absolute atomic E-state index is 5.31. The van der Waals surface area contributed by atoms with Crippen LogP contribution < -0.4 is 0 Å². The number of rotatable bonds is 1. The van der Waals surface area contributed by atoms with Crippen LogP contribution in [0.2, 0.25) is 0 Å². The third kappa shape index (κ3) is 1.73. The molecule has 0 amide bonds. The minimum atomic E-state index is 0.713. The number of hydrogen-bond acceptors (Lipinski definition) is 2. The van der Waals surface area contributed by atoms with Gasteiger partial charge in [-0.1, -0.05) is 0 Å². The molecule has 0 spiro atoms. The zero-order valence-corrected chi connectivity index (χ0v) is 9.36. The fraction of sp³-hybridized carbons (Fsp3) is 0.286. The molecule has 2 nitrogen and oxygen atoms in total. The second kappa shape index (κ2) is 3.54. The van der Waals surface area contributed by atoms with Crippen molar-refractivity contribution in [2.75, 3.05) is 7.05 Å². The van der Waals surface area contributed by atoms with Crippen LogP contribution >= 0.6 is 31.9 Å². The van der Waals surface area contributed by atoms with E-state index in [2.05, 4.69) is 36.9 Å². The summed E-state index contributed by atoms with van der Waals surface area (Å²) in [6, 6.07) is 0. The molecule has 0 radical (unpaired) electrons. The van der Waals surface area contributed by atoms with Crippen LogP contribution in [-0.4, -0.2) is 13.3 Å². The van der Waals surface area contributed by atoms with Crippen LogP contribution in [0.25, 0.3) is 0 Å². The maximum Gasteiger partial charge on any atom is 0.184 e. The number of hydrogen-bond donors (Lipinski definition) is 0. The van der Waals surface area contributed by atoms with Gasteiger partial charge in [0.15, 0.2) is 4.67 Å². The summed E-state index contributed by atoms with van der Waals surface area (Å²) in [6.07, 6.45) is 1.69. The van der Waals surface area contributed by atoms with E-state index in [1.165, 1.54) is 0 Å². The zero-order valence-electron chi connectivity index (χ0n) is 6.19. The van der Waals surface area contributed by atoms with Gasteiger partial charge < -0.3 is 4.42 Å². The molecule has 0 aliphatic heterocycles. The number of aliphatic imine (C=N–C) groups is 1. The standard InChI is InChI=1S/C7H7Br2NO/c1-4-5(3-10-2)11-7(9)6(4)8/h3H,1-2H3. The van der Waals surface area contributed by atoms with Crippen LogP contribution in [0.1, 0.15) is 11.3 Å². The molecule has 0 aromatic carbocycles. The van der Waals surface area contributed by atoms with Crippen molar-refractivity contribution in [3.63, 3.8) is 0 Å². The molecular formula is C7H7Br2NO. The van der Waals surface area contributed by atoms with E-state index >= 15 is 0 Å². The lowest BCUT2D eigenvalue weighted by Crippen LogP contribution is -1.78. The Bertz CT molecular complexity index is 291. The third-order valence-electron chi connectivity index (χ3n) is 1.32. The molecule has 0 saturated carbocycles. The maximum atomic E-state index is 5.31. The molecule has 0 saturated heterocycles. The number of nitrogens with zero attached hydrogens (tertiary/aromatic N) is 1. The van der Waals surface area contributed by atoms with Gasteiger partial charge in [-0.05, 0) is 38.8 Å². The van der Waals surface area contributed by atoms with Crippen molar-refractivity contribution in [2.45, 2.75) is 6.92 Å². The second-order valence-electron chi connectivity index (χ2n) is 2.07. The molecule has 0 aliphatic carbocycles. The zero-order chi connectivity index (χ0) is 8.43. The molecule has 0 fully saturated rings. The molecule has 1 rings (SSSR count). The lowest BCUT2D eigenvalue weighted by Gasteiger charge is -1.85. The van der Waals surface area contributed by atoms with Crippen LogP contribution in [0.3, 0.4) is 0 Å². The Morgan fingerprint density at radius 2 is 2.09 bits per heavy atom. The lowest BCUT2D eigenvalue weighted by molar-refractivity contribution is 0.531. The first-order valence-corrected chi connectivity index (χ1v) is 4.62. The van der Waals surface area contributed by atoms with E-state index in [4.69, 9.17) is 4.42 Å². The first-order chi connectivity index (χ1) is 5.16. The summed E-state index contributed by atoms with van der Waals surface area (Å²) < 4.78 is 6.97. The molecule has 1 heterocycles. The Kier molecular flexibility index (Phi) is 2.90. The van der Waals surface area contributed by atoms with Crippen molar-refractivity contribution < 1.29 is 4.42 Å². The van der Waals surface area contributed by atoms with E-state index in [-0.39, 0.29) is 0 Å². The number of furan rings is 1. The minimum Gasteiger partial charge on any atom is -0.447 e. The molecule has 11 heavy (non-hydrogen) atoms. The summed E-state index contributed by atoms with van der Waals surface area (Å²) in [5.41, 5.74) is 1.06. The van der Waals surface area contributed by atoms with Crippen molar-refractivity contribution in [2.24, 2.45) is 4.99 Å². The van der Waals surface area contributed by atoms with Gasteiger partial charge in [0.1, 0.15) is 5.76 Å². The Balaban J connectivity index is 3.18. The average Bonchev–Trinajstić information content (AvgIpc) is 2.19. The fourth-order valence-electron chi connectivity index (χ4n) is 0.714. The summed E-state index contributed by atoms with van der Waals surface area (Å²) >= 11 is 6.63. The third-order valence-corrected chi connectivity index (χ3v) is 3.36. The van der Waals surface area contributed by atoms with E-state index in [0.29, 0.717) is 4.67 Å². The predicted molar refractivity (Wildman–Crippen MR) is 52.4 cm³/mol. The SMILES string of the molecule is CN=Cc1oc(Br)c(Br)c1C. The van der Waals surface area contributed by atoms with Gasteiger partial charge in [-0.25, -0.2) is 0 Å². The normalized spacial score (nSPS) is 11.3. The van der Waals surface area contributed by atoms with Crippen molar-refractivity contribution in [3.8, 4) is 0 Å². The van der Waals surface area contributed by atoms with Gasteiger partial charge in [-0.2, -0.15) is 0 Å². The van der Waals surface area contributed by atoms with Crippen LogP contribution in [-0.2, 0) is 0 Å². The van der Waals surface area contributed by atoms with Crippen LogP contribution in [0, 0.1) is 6.92 Å². The van der Waals surface area contributed by atoms with Gasteiger partial charge in [0.05, 0.1) is 10.7 Å².